The molecule has 0 N–H and O–H groups in total. The number of alkyl halides is 1. The number of ether oxygens (including phenoxy) is 2. The second-order valence-electron chi connectivity index (χ2n) is 5.33. The molecule has 0 bridgehead atoms. The molecule has 1 aromatic carbocycles. The van der Waals surface area contributed by atoms with Crippen molar-refractivity contribution in [1.29, 1.82) is 0 Å². The smallest absolute Gasteiger partial charge is 0.0917 e. The zero-order valence-electron chi connectivity index (χ0n) is 11.7. The van der Waals surface area contributed by atoms with Crippen LogP contribution in [0.2, 0.25) is 0 Å². The van der Waals surface area contributed by atoms with Gasteiger partial charge in [0, 0.05) is 4.43 Å². The summed E-state index contributed by atoms with van der Waals surface area (Å²) in [6.07, 6.45) is 0.162. The van der Waals surface area contributed by atoms with E-state index in [1.54, 1.807) is 0 Å². The summed E-state index contributed by atoms with van der Waals surface area (Å²) in [5.74, 6) is 0. The molecule has 1 aromatic rings. The zero-order chi connectivity index (χ0) is 13.6. The summed E-state index contributed by atoms with van der Waals surface area (Å²) >= 11 is 2.37. The predicted molar refractivity (Wildman–Crippen MR) is 84.5 cm³/mol. The highest BCUT2D eigenvalue weighted by Gasteiger charge is 2.14. The third-order valence-corrected chi connectivity index (χ3v) is 3.41. The molecular formula is C15H23IO2. The summed E-state index contributed by atoms with van der Waals surface area (Å²) in [6.45, 7) is 9.59. The van der Waals surface area contributed by atoms with E-state index in [4.69, 9.17) is 9.47 Å². The third-order valence-electron chi connectivity index (χ3n) is 2.61. The number of hydrogen-bond acceptors (Lipinski definition) is 2. The van der Waals surface area contributed by atoms with Crippen LogP contribution >= 0.6 is 22.6 Å². The van der Waals surface area contributed by atoms with E-state index >= 15 is 0 Å². The molecule has 0 saturated carbocycles. The lowest BCUT2D eigenvalue weighted by Gasteiger charge is -2.22. The zero-order valence-corrected chi connectivity index (χ0v) is 13.9. The Kier molecular flexibility index (Phi) is 6.60. The summed E-state index contributed by atoms with van der Waals surface area (Å²) in [7, 11) is 0. The molecule has 0 aliphatic rings. The van der Waals surface area contributed by atoms with Crippen molar-refractivity contribution in [3.63, 3.8) is 0 Å². The van der Waals surface area contributed by atoms with Crippen LogP contribution in [0.15, 0.2) is 24.3 Å². The molecule has 3 heteroatoms. The Morgan fingerprint density at radius 2 is 1.83 bits per heavy atom. The Morgan fingerprint density at radius 1 is 1.17 bits per heavy atom. The van der Waals surface area contributed by atoms with Gasteiger partial charge in [0.1, 0.15) is 0 Å². The van der Waals surface area contributed by atoms with Crippen LogP contribution in [0.5, 0.6) is 0 Å². The van der Waals surface area contributed by atoms with Gasteiger partial charge >= 0.3 is 0 Å². The van der Waals surface area contributed by atoms with Gasteiger partial charge in [-0.15, -0.1) is 0 Å². The molecule has 0 aliphatic carbocycles. The molecule has 1 atom stereocenters. The van der Waals surface area contributed by atoms with Crippen molar-refractivity contribution in [3.8, 4) is 0 Å². The van der Waals surface area contributed by atoms with E-state index in [-0.39, 0.29) is 11.7 Å². The monoisotopic (exact) mass is 362 g/mol. The van der Waals surface area contributed by atoms with Crippen molar-refractivity contribution in [1.82, 2.24) is 0 Å². The van der Waals surface area contributed by atoms with Crippen molar-refractivity contribution in [2.75, 3.05) is 17.6 Å². The van der Waals surface area contributed by atoms with E-state index in [2.05, 4.69) is 74.6 Å². The number of halogens is 1. The molecule has 0 aliphatic heterocycles. The van der Waals surface area contributed by atoms with Crippen LogP contribution in [0.1, 0.15) is 38.0 Å². The van der Waals surface area contributed by atoms with E-state index in [0.717, 1.165) is 4.43 Å². The van der Waals surface area contributed by atoms with Gasteiger partial charge in [0.2, 0.25) is 0 Å². The van der Waals surface area contributed by atoms with Gasteiger partial charge in [0.25, 0.3) is 0 Å². The lowest BCUT2D eigenvalue weighted by molar-refractivity contribution is -0.0478. The first-order valence-electron chi connectivity index (χ1n) is 6.31. The molecule has 0 spiro atoms. The molecule has 0 radical (unpaired) electrons. The SMILES string of the molecule is Cc1ccccc1C(CI)OCCOC(C)(C)C. The predicted octanol–water partition coefficient (Wildman–Crippen LogP) is 4.30. The Hall–Kier alpha value is -0.130. The summed E-state index contributed by atoms with van der Waals surface area (Å²) in [4.78, 5) is 0. The maximum absolute atomic E-state index is 5.92. The average molecular weight is 362 g/mol. The number of rotatable bonds is 6. The average Bonchev–Trinajstić information content (AvgIpc) is 2.29. The first-order chi connectivity index (χ1) is 8.44. The topological polar surface area (TPSA) is 18.5 Å². The fourth-order valence-electron chi connectivity index (χ4n) is 1.70. The largest absolute Gasteiger partial charge is 0.373 e. The van der Waals surface area contributed by atoms with Crippen molar-refractivity contribution in [2.24, 2.45) is 0 Å². The molecule has 2 nitrogen and oxygen atoms in total. The van der Waals surface area contributed by atoms with E-state index in [1.165, 1.54) is 11.1 Å². The van der Waals surface area contributed by atoms with Crippen molar-refractivity contribution in [2.45, 2.75) is 39.4 Å². The molecule has 0 fully saturated rings. The highest BCUT2D eigenvalue weighted by atomic mass is 127. The van der Waals surface area contributed by atoms with Crippen LogP contribution in [-0.2, 0) is 9.47 Å². The fourth-order valence-corrected chi connectivity index (χ4v) is 2.43. The molecular weight excluding hydrogens is 339 g/mol. The summed E-state index contributed by atoms with van der Waals surface area (Å²) in [5, 5.41) is 0. The molecule has 1 unspecified atom stereocenters. The van der Waals surface area contributed by atoms with Crippen LogP contribution in [0.4, 0.5) is 0 Å². The first-order valence-corrected chi connectivity index (χ1v) is 7.83. The first kappa shape index (κ1) is 15.9. The molecule has 0 aromatic heterocycles. The van der Waals surface area contributed by atoms with E-state index < -0.39 is 0 Å². The van der Waals surface area contributed by atoms with Gasteiger partial charge in [0.15, 0.2) is 0 Å². The van der Waals surface area contributed by atoms with E-state index in [9.17, 15) is 0 Å². The normalized spacial score (nSPS) is 13.6. The van der Waals surface area contributed by atoms with Gasteiger partial charge in [-0.2, -0.15) is 0 Å². The van der Waals surface area contributed by atoms with Crippen LogP contribution in [0.3, 0.4) is 0 Å². The third kappa shape index (κ3) is 5.67. The number of hydrogen-bond donors (Lipinski definition) is 0. The lowest BCUT2D eigenvalue weighted by atomic mass is 10.0. The van der Waals surface area contributed by atoms with Crippen molar-refractivity contribution >= 4 is 22.6 Å². The fraction of sp³-hybridized carbons (Fsp3) is 0.600. The van der Waals surface area contributed by atoms with Crippen LogP contribution in [0.25, 0.3) is 0 Å². The van der Waals surface area contributed by atoms with Crippen molar-refractivity contribution < 1.29 is 9.47 Å². The van der Waals surface area contributed by atoms with Crippen LogP contribution < -0.4 is 0 Å². The second kappa shape index (κ2) is 7.46. The van der Waals surface area contributed by atoms with Gasteiger partial charge in [-0.3, -0.25) is 0 Å². The lowest BCUT2D eigenvalue weighted by Crippen LogP contribution is -2.22. The van der Waals surface area contributed by atoms with Gasteiger partial charge in [-0.25, -0.2) is 0 Å². The minimum atomic E-state index is -0.0914. The maximum atomic E-state index is 5.92. The minimum Gasteiger partial charge on any atom is -0.373 e. The highest BCUT2D eigenvalue weighted by molar-refractivity contribution is 14.1. The Labute approximate surface area is 124 Å². The molecule has 102 valence electrons. The molecule has 0 saturated heterocycles. The molecule has 0 amide bonds. The van der Waals surface area contributed by atoms with Crippen LogP contribution in [-0.4, -0.2) is 23.2 Å². The summed E-state index contributed by atoms with van der Waals surface area (Å²) < 4.78 is 12.5. The van der Waals surface area contributed by atoms with Crippen molar-refractivity contribution in [3.05, 3.63) is 35.4 Å². The summed E-state index contributed by atoms with van der Waals surface area (Å²) in [6, 6.07) is 8.40. The van der Waals surface area contributed by atoms with Gasteiger partial charge in [-0.1, -0.05) is 46.9 Å². The number of aryl methyl sites for hydroxylation is 1. The minimum absolute atomic E-state index is 0.0914. The van der Waals surface area contributed by atoms with Gasteiger partial charge < -0.3 is 9.47 Å². The maximum Gasteiger partial charge on any atom is 0.0917 e. The standard InChI is InChI=1S/C15H23IO2/c1-12-7-5-6-8-13(12)14(11-16)17-9-10-18-15(2,3)4/h5-8,14H,9-11H2,1-4H3. The van der Waals surface area contributed by atoms with Gasteiger partial charge in [0.05, 0.1) is 24.9 Å². The van der Waals surface area contributed by atoms with Gasteiger partial charge in [-0.05, 0) is 38.8 Å². The van der Waals surface area contributed by atoms with E-state index in [0.29, 0.717) is 13.2 Å². The molecule has 1 rings (SSSR count). The summed E-state index contributed by atoms with van der Waals surface area (Å²) in [5.41, 5.74) is 2.48. The quantitative estimate of drug-likeness (QED) is 0.427. The number of benzene rings is 1. The Bertz CT molecular complexity index is 358. The van der Waals surface area contributed by atoms with E-state index in [1.807, 2.05) is 0 Å². The highest BCUT2D eigenvalue weighted by Crippen LogP contribution is 2.23. The second-order valence-corrected chi connectivity index (χ2v) is 6.21. The Balaban J connectivity index is 2.46. The van der Waals surface area contributed by atoms with Crippen LogP contribution in [0, 0.1) is 6.92 Å². The Morgan fingerprint density at radius 3 is 2.39 bits per heavy atom. The molecule has 0 heterocycles. The molecule has 18 heavy (non-hydrogen) atoms.